The highest BCUT2D eigenvalue weighted by Gasteiger charge is 2.16. The minimum Gasteiger partial charge on any atom is -0.459 e. The minimum atomic E-state index is -0.634. The number of rotatable bonds is 4. The van der Waals surface area contributed by atoms with Gasteiger partial charge < -0.3 is 9.26 Å². The van der Waals surface area contributed by atoms with Crippen molar-refractivity contribution in [3.63, 3.8) is 0 Å². The lowest BCUT2D eigenvalue weighted by molar-refractivity contribution is 0.0470. The highest BCUT2D eigenvalue weighted by atomic mass is 35.5. The molecule has 7 nitrogen and oxygen atoms in total. The third-order valence-corrected chi connectivity index (χ3v) is 2.02. The number of halogens is 1. The van der Waals surface area contributed by atoms with Crippen molar-refractivity contribution in [2.24, 2.45) is 0 Å². The van der Waals surface area contributed by atoms with Crippen molar-refractivity contribution in [1.29, 1.82) is 0 Å². The maximum absolute atomic E-state index is 11.3. The van der Waals surface area contributed by atoms with Gasteiger partial charge in [-0.15, -0.1) is 0 Å². The number of carbonyl (C=O) groups is 1. The van der Waals surface area contributed by atoms with E-state index in [-0.39, 0.29) is 19.0 Å². The summed E-state index contributed by atoms with van der Waals surface area (Å²) in [6.45, 7) is 2.22. The van der Waals surface area contributed by atoms with E-state index in [0.29, 0.717) is 10.8 Å². The molecule has 2 aromatic rings. The Balaban J connectivity index is 2.06. The zero-order chi connectivity index (χ0) is 12.3. The van der Waals surface area contributed by atoms with Gasteiger partial charge in [0.25, 0.3) is 0 Å². The van der Waals surface area contributed by atoms with Gasteiger partial charge in [-0.2, -0.15) is 10.1 Å². The van der Waals surface area contributed by atoms with Crippen molar-refractivity contribution in [1.82, 2.24) is 19.9 Å². The zero-order valence-corrected chi connectivity index (χ0v) is 9.72. The van der Waals surface area contributed by atoms with Crippen LogP contribution in [-0.2, 0) is 11.3 Å². The van der Waals surface area contributed by atoms with Crippen molar-refractivity contribution in [3.8, 4) is 0 Å². The van der Waals surface area contributed by atoms with E-state index in [0.717, 1.165) is 0 Å². The van der Waals surface area contributed by atoms with Crippen LogP contribution in [0.1, 0.15) is 23.4 Å². The molecule has 0 N–H and O–H groups in total. The number of hydrogen-bond acceptors (Lipinski definition) is 6. The van der Waals surface area contributed by atoms with E-state index in [1.165, 1.54) is 10.9 Å². The molecule has 0 radical (unpaired) electrons. The SMILES string of the molecule is CCOC(=O)c1nc(Cn2cc(Cl)cn2)no1. The van der Waals surface area contributed by atoms with Gasteiger partial charge in [0, 0.05) is 6.20 Å². The Hall–Kier alpha value is -1.89. The molecule has 0 spiro atoms. The molecule has 0 aliphatic rings. The highest BCUT2D eigenvalue weighted by molar-refractivity contribution is 6.30. The lowest BCUT2D eigenvalue weighted by Gasteiger charge is -1.94. The minimum absolute atomic E-state index is 0.167. The van der Waals surface area contributed by atoms with E-state index in [9.17, 15) is 4.79 Å². The molecule has 0 saturated heterocycles. The van der Waals surface area contributed by atoms with E-state index in [2.05, 4.69) is 15.2 Å². The monoisotopic (exact) mass is 256 g/mol. The summed E-state index contributed by atoms with van der Waals surface area (Å²) in [5.41, 5.74) is 0. The van der Waals surface area contributed by atoms with Crippen LogP contribution in [0.3, 0.4) is 0 Å². The average Bonchev–Trinajstić information content (AvgIpc) is 2.89. The molecule has 2 heterocycles. The van der Waals surface area contributed by atoms with Crippen LogP contribution in [-0.4, -0.2) is 32.5 Å². The van der Waals surface area contributed by atoms with Crippen molar-refractivity contribution in [2.45, 2.75) is 13.5 Å². The predicted molar refractivity (Wildman–Crippen MR) is 56.6 cm³/mol. The largest absolute Gasteiger partial charge is 0.459 e. The molecule has 0 aromatic carbocycles. The molecule has 0 aliphatic heterocycles. The van der Waals surface area contributed by atoms with Crippen molar-refractivity contribution in [2.75, 3.05) is 6.61 Å². The predicted octanol–water partition coefficient (Wildman–Crippen LogP) is 1.14. The number of ether oxygens (including phenoxy) is 1. The van der Waals surface area contributed by atoms with Crippen molar-refractivity contribution in [3.05, 3.63) is 29.1 Å². The van der Waals surface area contributed by atoms with Gasteiger partial charge in [0.05, 0.1) is 17.8 Å². The van der Waals surface area contributed by atoms with Gasteiger partial charge in [-0.1, -0.05) is 16.8 Å². The standard InChI is InChI=1S/C9H9ClN4O3/c1-2-16-9(15)8-12-7(13-17-8)5-14-4-6(10)3-11-14/h3-4H,2,5H2,1H3. The fourth-order valence-corrected chi connectivity index (χ4v) is 1.32. The molecular weight excluding hydrogens is 248 g/mol. The molecule has 17 heavy (non-hydrogen) atoms. The summed E-state index contributed by atoms with van der Waals surface area (Å²) < 4.78 is 11.0. The molecule has 0 aliphatic carbocycles. The Morgan fingerprint density at radius 1 is 1.65 bits per heavy atom. The smallest absolute Gasteiger partial charge is 0.397 e. The van der Waals surface area contributed by atoms with Crippen LogP contribution in [0, 0.1) is 0 Å². The van der Waals surface area contributed by atoms with Crippen LogP contribution in [0.15, 0.2) is 16.9 Å². The summed E-state index contributed by atoms with van der Waals surface area (Å²) in [7, 11) is 0. The zero-order valence-electron chi connectivity index (χ0n) is 8.96. The van der Waals surface area contributed by atoms with Gasteiger partial charge in [0.15, 0.2) is 5.82 Å². The van der Waals surface area contributed by atoms with Crippen LogP contribution in [0.25, 0.3) is 0 Å². The summed E-state index contributed by atoms with van der Waals surface area (Å²) in [4.78, 5) is 15.1. The number of carbonyl (C=O) groups excluding carboxylic acids is 1. The summed E-state index contributed by atoms with van der Waals surface area (Å²) >= 11 is 5.70. The molecule has 0 bridgehead atoms. The van der Waals surface area contributed by atoms with Crippen molar-refractivity contribution < 1.29 is 14.1 Å². The lowest BCUT2D eigenvalue weighted by Crippen LogP contribution is -2.06. The Morgan fingerprint density at radius 2 is 2.47 bits per heavy atom. The molecule has 2 aromatic heterocycles. The molecule has 2 rings (SSSR count). The first-order valence-electron chi connectivity index (χ1n) is 4.86. The van der Waals surface area contributed by atoms with E-state index < -0.39 is 5.97 Å². The van der Waals surface area contributed by atoms with E-state index >= 15 is 0 Å². The molecular formula is C9H9ClN4O3. The van der Waals surface area contributed by atoms with Crippen LogP contribution >= 0.6 is 11.6 Å². The van der Waals surface area contributed by atoms with Crippen LogP contribution < -0.4 is 0 Å². The summed E-state index contributed by atoms with van der Waals surface area (Å²) in [6, 6.07) is 0. The Kier molecular flexibility index (Phi) is 3.38. The number of esters is 1. The first-order valence-corrected chi connectivity index (χ1v) is 5.24. The Morgan fingerprint density at radius 3 is 3.12 bits per heavy atom. The number of nitrogens with zero attached hydrogens (tertiary/aromatic N) is 4. The third-order valence-electron chi connectivity index (χ3n) is 1.82. The van der Waals surface area contributed by atoms with E-state index in [1.807, 2.05) is 0 Å². The normalized spacial score (nSPS) is 10.5. The van der Waals surface area contributed by atoms with Gasteiger partial charge >= 0.3 is 11.9 Å². The second-order valence-electron chi connectivity index (χ2n) is 3.09. The Bertz CT molecular complexity index is 522. The molecule has 8 heteroatoms. The highest BCUT2D eigenvalue weighted by Crippen LogP contribution is 2.07. The Labute approximate surface area is 101 Å². The van der Waals surface area contributed by atoms with E-state index in [1.54, 1.807) is 13.1 Å². The van der Waals surface area contributed by atoms with Crippen LogP contribution in [0.4, 0.5) is 0 Å². The van der Waals surface area contributed by atoms with Gasteiger partial charge in [0.1, 0.15) is 6.54 Å². The molecule has 0 saturated carbocycles. The second kappa shape index (κ2) is 4.96. The average molecular weight is 257 g/mol. The topological polar surface area (TPSA) is 83.0 Å². The molecule has 0 unspecified atom stereocenters. The number of aromatic nitrogens is 4. The van der Waals surface area contributed by atoms with Crippen LogP contribution in [0.5, 0.6) is 0 Å². The summed E-state index contributed by atoms with van der Waals surface area (Å²) in [5, 5.41) is 8.09. The van der Waals surface area contributed by atoms with E-state index in [4.69, 9.17) is 20.9 Å². The summed E-state index contributed by atoms with van der Waals surface area (Å²) in [6.07, 6.45) is 3.11. The first kappa shape index (κ1) is 11.6. The quantitative estimate of drug-likeness (QED) is 0.763. The molecule has 0 atom stereocenters. The fourth-order valence-electron chi connectivity index (χ4n) is 1.16. The van der Waals surface area contributed by atoms with Gasteiger partial charge in [-0.25, -0.2) is 4.79 Å². The maximum atomic E-state index is 11.3. The van der Waals surface area contributed by atoms with Crippen LogP contribution in [0.2, 0.25) is 5.02 Å². The third kappa shape index (κ3) is 2.82. The second-order valence-corrected chi connectivity index (χ2v) is 3.53. The lowest BCUT2D eigenvalue weighted by atomic mass is 10.6. The molecule has 0 fully saturated rings. The van der Waals surface area contributed by atoms with Gasteiger partial charge in [-0.05, 0) is 6.92 Å². The molecule has 0 amide bonds. The van der Waals surface area contributed by atoms with Gasteiger partial charge in [0.2, 0.25) is 0 Å². The molecule has 90 valence electrons. The first-order chi connectivity index (χ1) is 8.19. The number of hydrogen-bond donors (Lipinski definition) is 0. The maximum Gasteiger partial charge on any atom is 0.397 e. The van der Waals surface area contributed by atoms with Gasteiger partial charge in [-0.3, -0.25) is 4.68 Å². The fraction of sp³-hybridized carbons (Fsp3) is 0.333. The summed E-state index contributed by atoms with van der Waals surface area (Å²) in [5.74, 6) is -0.474. The van der Waals surface area contributed by atoms with Crippen molar-refractivity contribution >= 4 is 17.6 Å².